The van der Waals surface area contributed by atoms with E-state index in [2.05, 4.69) is 167 Å². The molecule has 0 saturated carbocycles. The Kier molecular flexibility index (Phi) is 5.71. The third kappa shape index (κ3) is 3.91. The molecule has 4 aromatic heterocycles. The number of nitrogens with zero attached hydrogens (tertiary/aromatic N) is 4. The van der Waals surface area contributed by atoms with Crippen molar-refractivity contribution in [2.24, 2.45) is 0 Å². The monoisotopic (exact) mass is 676 g/mol. The van der Waals surface area contributed by atoms with Crippen LogP contribution in [0.5, 0.6) is 0 Å². The predicted octanol–water partition coefficient (Wildman–Crippen LogP) is 12.5. The molecule has 12 aromatic rings. The molecule has 53 heavy (non-hydrogen) atoms. The minimum Gasteiger partial charge on any atom is -0.456 e. The van der Waals surface area contributed by atoms with Gasteiger partial charge in [-0.1, -0.05) is 133 Å². The molecule has 0 unspecified atom stereocenters. The highest BCUT2D eigenvalue weighted by atomic mass is 16.3. The van der Waals surface area contributed by atoms with Crippen molar-refractivity contribution in [1.29, 1.82) is 0 Å². The van der Waals surface area contributed by atoms with Gasteiger partial charge in [0.05, 0.1) is 44.4 Å². The molecule has 0 aliphatic rings. The van der Waals surface area contributed by atoms with Gasteiger partial charge in [-0.2, -0.15) is 0 Å². The molecule has 0 spiro atoms. The average molecular weight is 677 g/mol. The first kappa shape index (κ1) is 28.5. The molecular formula is C48H28N4O. The second-order valence-electron chi connectivity index (χ2n) is 13.7. The van der Waals surface area contributed by atoms with Crippen molar-refractivity contribution in [1.82, 2.24) is 19.1 Å². The number of hydrogen-bond donors (Lipinski definition) is 0. The Bertz CT molecular complexity index is 3450. The van der Waals surface area contributed by atoms with E-state index in [-0.39, 0.29) is 0 Å². The number of benzene rings is 8. The van der Waals surface area contributed by atoms with E-state index in [9.17, 15) is 0 Å². The van der Waals surface area contributed by atoms with Crippen molar-refractivity contribution in [3.8, 4) is 22.9 Å². The number of hydrogen-bond acceptors (Lipinski definition) is 3. The maximum absolute atomic E-state index is 6.52. The van der Waals surface area contributed by atoms with E-state index >= 15 is 0 Å². The summed E-state index contributed by atoms with van der Waals surface area (Å²) < 4.78 is 11.3. The van der Waals surface area contributed by atoms with Crippen molar-refractivity contribution in [3.63, 3.8) is 0 Å². The van der Waals surface area contributed by atoms with Gasteiger partial charge in [0, 0.05) is 43.3 Å². The lowest BCUT2D eigenvalue weighted by atomic mass is 10.1. The Labute approximate surface area is 302 Å². The molecule has 5 nitrogen and oxygen atoms in total. The van der Waals surface area contributed by atoms with E-state index in [1.54, 1.807) is 0 Å². The van der Waals surface area contributed by atoms with Crippen LogP contribution in [0.1, 0.15) is 0 Å². The lowest BCUT2D eigenvalue weighted by Crippen LogP contribution is -2.05. The van der Waals surface area contributed by atoms with Crippen LogP contribution in [0.15, 0.2) is 174 Å². The van der Waals surface area contributed by atoms with E-state index in [1.165, 1.54) is 10.8 Å². The Morgan fingerprint density at radius 3 is 1.92 bits per heavy atom. The van der Waals surface area contributed by atoms with Crippen LogP contribution in [0.2, 0.25) is 0 Å². The van der Waals surface area contributed by atoms with E-state index in [0.717, 1.165) is 93.4 Å². The fourth-order valence-corrected chi connectivity index (χ4v) is 8.68. The van der Waals surface area contributed by atoms with Crippen LogP contribution in [-0.2, 0) is 0 Å². The SMILES string of the molecule is c1ccc(-c2nc(-n3c4ccccc4c4ccc5c6ccc7oc8ccccc8c7c6n(-c6cccc7ccccc67)c5c43)nc3ccccc23)cc1. The number of fused-ring (bicyclic) bond motifs is 13. The van der Waals surface area contributed by atoms with Gasteiger partial charge < -0.3 is 8.98 Å². The summed E-state index contributed by atoms with van der Waals surface area (Å²) in [5, 5.41) is 10.2. The zero-order valence-corrected chi connectivity index (χ0v) is 28.4. The van der Waals surface area contributed by atoms with E-state index in [4.69, 9.17) is 14.4 Å². The molecule has 4 heterocycles. The summed E-state index contributed by atoms with van der Waals surface area (Å²) in [5.74, 6) is 0.634. The number of rotatable bonds is 3. The molecule has 0 atom stereocenters. The highest BCUT2D eigenvalue weighted by Crippen LogP contribution is 2.46. The van der Waals surface area contributed by atoms with Gasteiger partial charge in [0.1, 0.15) is 11.2 Å². The molecule has 0 bridgehead atoms. The number of para-hydroxylation sites is 3. The van der Waals surface area contributed by atoms with E-state index < -0.39 is 0 Å². The molecule has 5 heteroatoms. The second kappa shape index (κ2) is 10.6. The van der Waals surface area contributed by atoms with Gasteiger partial charge in [-0.3, -0.25) is 4.57 Å². The van der Waals surface area contributed by atoms with Crippen molar-refractivity contribution < 1.29 is 4.42 Å². The van der Waals surface area contributed by atoms with Crippen LogP contribution in [0, 0.1) is 0 Å². The minimum atomic E-state index is 0.634. The Hall–Kier alpha value is -7.24. The standard InChI is InChI=1S/C48H28N4O/c1-2-14-30(15-3-1)44-36-19-6-9-21-38(36)49-48(50-44)52-40-22-10-7-18-32(40)33-25-26-35-34-27-28-42-43(37-20-8-11-24-41(37)53-42)45(34)51(46(35)47(33)52)39-23-12-16-29-13-4-5-17-31(29)39/h1-28H. The molecule has 0 aliphatic carbocycles. The molecule has 246 valence electrons. The summed E-state index contributed by atoms with van der Waals surface area (Å²) in [7, 11) is 0. The molecule has 12 rings (SSSR count). The molecule has 8 aromatic carbocycles. The molecular weight excluding hydrogens is 649 g/mol. The molecule has 0 amide bonds. The lowest BCUT2D eigenvalue weighted by Gasteiger charge is -2.15. The van der Waals surface area contributed by atoms with Crippen LogP contribution in [0.4, 0.5) is 0 Å². The zero-order chi connectivity index (χ0) is 34.6. The van der Waals surface area contributed by atoms with Crippen molar-refractivity contribution >= 4 is 87.2 Å². The van der Waals surface area contributed by atoms with Crippen LogP contribution < -0.4 is 0 Å². The Morgan fingerprint density at radius 1 is 0.396 bits per heavy atom. The first-order valence-electron chi connectivity index (χ1n) is 17.9. The summed E-state index contributed by atoms with van der Waals surface area (Å²) >= 11 is 0. The highest BCUT2D eigenvalue weighted by molar-refractivity contribution is 6.29. The highest BCUT2D eigenvalue weighted by Gasteiger charge is 2.26. The average Bonchev–Trinajstić information content (AvgIpc) is 3.88. The Morgan fingerprint density at radius 2 is 1.04 bits per heavy atom. The smallest absolute Gasteiger partial charge is 0.235 e. The quantitative estimate of drug-likeness (QED) is 0.187. The van der Waals surface area contributed by atoms with Crippen LogP contribution >= 0.6 is 0 Å². The van der Waals surface area contributed by atoms with Crippen molar-refractivity contribution in [2.75, 3.05) is 0 Å². The topological polar surface area (TPSA) is 48.8 Å². The molecule has 0 radical (unpaired) electrons. The summed E-state index contributed by atoms with van der Waals surface area (Å²) in [5.41, 5.74) is 10.0. The van der Waals surface area contributed by atoms with Crippen molar-refractivity contribution in [2.45, 2.75) is 0 Å². The van der Waals surface area contributed by atoms with Gasteiger partial charge in [-0.05, 0) is 41.8 Å². The van der Waals surface area contributed by atoms with Gasteiger partial charge in [0.25, 0.3) is 0 Å². The van der Waals surface area contributed by atoms with Gasteiger partial charge in [-0.25, -0.2) is 9.97 Å². The van der Waals surface area contributed by atoms with Gasteiger partial charge in [0.15, 0.2) is 0 Å². The maximum Gasteiger partial charge on any atom is 0.235 e. The molecule has 0 saturated heterocycles. The molecule has 0 N–H and O–H groups in total. The maximum atomic E-state index is 6.52. The fraction of sp³-hybridized carbons (Fsp3) is 0. The lowest BCUT2D eigenvalue weighted by molar-refractivity contribution is 0.669. The number of furan rings is 1. The summed E-state index contributed by atoms with van der Waals surface area (Å²) in [6, 6.07) is 59.9. The Balaban J connectivity index is 1.34. The summed E-state index contributed by atoms with van der Waals surface area (Å²) in [4.78, 5) is 10.8. The van der Waals surface area contributed by atoms with E-state index in [0.29, 0.717) is 5.95 Å². The first-order chi connectivity index (χ1) is 26.3. The molecule has 0 fully saturated rings. The second-order valence-corrected chi connectivity index (χ2v) is 13.7. The normalized spacial score (nSPS) is 12.2. The zero-order valence-electron chi connectivity index (χ0n) is 28.4. The van der Waals surface area contributed by atoms with E-state index in [1.807, 2.05) is 12.1 Å². The van der Waals surface area contributed by atoms with Gasteiger partial charge in [0.2, 0.25) is 5.95 Å². The first-order valence-corrected chi connectivity index (χ1v) is 17.9. The fourth-order valence-electron chi connectivity index (χ4n) is 8.68. The van der Waals surface area contributed by atoms with Crippen LogP contribution in [0.3, 0.4) is 0 Å². The van der Waals surface area contributed by atoms with Crippen LogP contribution in [0.25, 0.3) is 110 Å². The largest absolute Gasteiger partial charge is 0.456 e. The third-order valence-electron chi connectivity index (χ3n) is 10.9. The summed E-state index contributed by atoms with van der Waals surface area (Å²) in [6.07, 6.45) is 0. The van der Waals surface area contributed by atoms with Crippen molar-refractivity contribution in [3.05, 3.63) is 170 Å². The minimum absolute atomic E-state index is 0.634. The predicted molar refractivity (Wildman–Crippen MR) is 218 cm³/mol. The van der Waals surface area contributed by atoms with Crippen LogP contribution in [-0.4, -0.2) is 19.1 Å². The molecule has 0 aliphatic heterocycles. The summed E-state index contributed by atoms with van der Waals surface area (Å²) in [6.45, 7) is 0. The number of aromatic nitrogens is 4. The third-order valence-corrected chi connectivity index (χ3v) is 10.9. The van der Waals surface area contributed by atoms with Gasteiger partial charge >= 0.3 is 0 Å². The van der Waals surface area contributed by atoms with Gasteiger partial charge in [-0.15, -0.1) is 0 Å².